The van der Waals surface area contributed by atoms with E-state index in [-0.39, 0.29) is 5.91 Å². The van der Waals surface area contributed by atoms with E-state index in [1.54, 1.807) is 4.90 Å². The summed E-state index contributed by atoms with van der Waals surface area (Å²) in [7, 11) is 1.87. The maximum atomic E-state index is 12.4. The van der Waals surface area contributed by atoms with Gasteiger partial charge < -0.3 is 9.80 Å². The number of amides is 1. The Morgan fingerprint density at radius 3 is 2.75 bits per heavy atom. The molecule has 2 heterocycles. The zero-order valence-electron chi connectivity index (χ0n) is 14.7. The Balaban J connectivity index is 1.52. The SMILES string of the molecule is C[C@H](CCC(=O)N(C)Cc1ccc2ccccc2n1)N1CCCC1. The molecule has 0 aliphatic carbocycles. The summed E-state index contributed by atoms with van der Waals surface area (Å²) >= 11 is 0. The minimum Gasteiger partial charge on any atom is -0.340 e. The van der Waals surface area contributed by atoms with Crippen molar-refractivity contribution in [1.29, 1.82) is 0 Å². The van der Waals surface area contributed by atoms with Gasteiger partial charge in [-0.05, 0) is 51.4 Å². The Morgan fingerprint density at radius 1 is 1.21 bits per heavy atom. The third-order valence-electron chi connectivity index (χ3n) is 5.02. The molecule has 1 amide bonds. The highest BCUT2D eigenvalue weighted by atomic mass is 16.2. The van der Waals surface area contributed by atoms with E-state index < -0.39 is 0 Å². The number of aromatic nitrogens is 1. The van der Waals surface area contributed by atoms with E-state index in [2.05, 4.69) is 28.9 Å². The van der Waals surface area contributed by atoms with Gasteiger partial charge in [0.15, 0.2) is 0 Å². The lowest BCUT2D eigenvalue weighted by Crippen LogP contribution is -2.32. The molecule has 1 aliphatic heterocycles. The van der Waals surface area contributed by atoms with Gasteiger partial charge in [0.2, 0.25) is 5.91 Å². The molecule has 0 bridgehead atoms. The van der Waals surface area contributed by atoms with Crippen LogP contribution in [0.2, 0.25) is 0 Å². The molecule has 4 heteroatoms. The number of para-hydroxylation sites is 1. The highest BCUT2D eigenvalue weighted by Crippen LogP contribution is 2.16. The van der Waals surface area contributed by atoms with Crippen molar-refractivity contribution < 1.29 is 4.79 Å². The molecule has 24 heavy (non-hydrogen) atoms. The van der Waals surface area contributed by atoms with Crippen molar-refractivity contribution in [3.8, 4) is 0 Å². The summed E-state index contributed by atoms with van der Waals surface area (Å²) in [6.07, 6.45) is 4.15. The van der Waals surface area contributed by atoms with Gasteiger partial charge in [-0.25, -0.2) is 0 Å². The van der Waals surface area contributed by atoms with Crippen LogP contribution in [0.3, 0.4) is 0 Å². The Morgan fingerprint density at radius 2 is 1.96 bits per heavy atom. The van der Waals surface area contributed by atoms with E-state index in [1.807, 2.05) is 31.3 Å². The number of nitrogens with zero attached hydrogens (tertiary/aromatic N) is 3. The Labute approximate surface area is 144 Å². The monoisotopic (exact) mass is 325 g/mol. The first-order chi connectivity index (χ1) is 11.6. The molecule has 1 aliphatic rings. The van der Waals surface area contributed by atoms with Gasteiger partial charge in [-0.1, -0.05) is 24.3 Å². The number of benzene rings is 1. The number of hydrogen-bond donors (Lipinski definition) is 0. The zero-order chi connectivity index (χ0) is 16.9. The minimum atomic E-state index is 0.205. The summed E-state index contributed by atoms with van der Waals surface area (Å²) in [4.78, 5) is 21.4. The summed E-state index contributed by atoms with van der Waals surface area (Å²) in [5.74, 6) is 0.205. The maximum absolute atomic E-state index is 12.4. The lowest BCUT2D eigenvalue weighted by atomic mass is 10.1. The second kappa shape index (κ2) is 7.75. The molecular weight excluding hydrogens is 298 g/mol. The molecule has 1 saturated heterocycles. The van der Waals surface area contributed by atoms with E-state index >= 15 is 0 Å². The van der Waals surface area contributed by atoms with Crippen molar-refractivity contribution in [3.05, 3.63) is 42.1 Å². The topological polar surface area (TPSA) is 36.4 Å². The molecule has 2 aromatic rings. The van der Waals surface area contributed by atoms with E-state index in [1.165, 1.54) is 25.9 Å². The van der Waals surface area contributed by atoms with Gasteiger partial charge in [-0.15, -0.1) is 0 Å². The van der Waals surface area contributed by atoms with Crippen molar-refractivity contribution >= 4 is 16.8 Å². The largest absolute Gasteiger partial charge is 0.340 e. The molecule has 0 unspecified atom stereocenters. The fourth-order valence-corrected chi connectivity index (χ4v) is 3.42. The van der Waals surface area contributed by atoms with Crippen LogP contribution in [0.1, 0.15) is 38.3 Å². The maximum Gasteiger partial charge on any atom is 0.222 e. The predicted molar refractivity (Wildman–Crippen MR) is 97.7 cm³/mol. The standard InChI is InChI=1S/C20H27N3O/c1-16(23-13-5-6-14-23)9-12-20(24)22(2)15-18-11-10-17-7-3-4-8-19(17)21-18/h3-4,7-8,10-11,16H,5-6,9,12-15H2,1-2H3/t16-/m1/s1. The average Bonchev–Trinajstić information content (AvgIpc) is 3.14. The summed E-state index contributed by atoms with van der Waals surface area (Å²) in [6.45, 7) is 5.18. The molecule has 128 valence electrons. The number of hydrogen-bond acceptors (Lipinski definition) is 3. The number of rotatable bonds is 6. The van der Waals surface area contributed by atoms with Gasteiger partial charge >= 0.3 is 0 Å². The fraction of sp³-hybridized carbons (Fsp3) is 0.500. The lowest BCUT2D eigenvalue weighted by Gasteiger charge is -2.24. The molecule has 3 rings (SSSR count). The van der Waals surface area contributed by atoms with Crippen molar-refractivity contribution in [2.75, 3.05) is 20.1 Å². The molecule has 0 N–H and O–H groups in total. The molecule has 1 fully saturated rings. The van der Waals surface area contributed by atoms with E-state index in [9.17, 15) is 4.79 Å². The van der Waals surface area contributed by atoms with Crippen LogP contribution in [0.5, 0.6) is 0 Å². The summed E-state index contributed by atoms with van der Waals surface area (Å²) in [5, 5.41) is 1.13. The Kier molecular flexibility index (Phi) is 5.46. The molecule has 0 saturated carbocycles. The molecule has 1 aromatic heterocycles. The van der Waals surface area contributed by atoms with Crippen LogP contribution < -0.4 is 0 Å². The van der Waals surface area contributed by atoms with Gasteiger partial charge in [0.05, 0.1) is 17.8 Å². The van der Waals surface area contributed by atoms with Gasteiger partial charge in [0.25, 0.3) is 0 Å². The second-order valence-electron chi connectivity index (χ2n) is 6.88. The van der Waals surface area contributed by atoms with Gasteiger partial charge in [0, 0.05) is 24.9 Å². The van der Waals surface area contributed by atoms with Crippen molar-refractivity contribution in [1.82, 2.24) is 14.8 Å². The van der Waals surface area contributed by atoms with E-state index in [0.717, 1.165) is 23.0 Å². The van der Waals surface area contributed by atoms with E-state index in [0.29, 0.717) is 19.0 Å². The molecule has 4 nitrogen and oxygen atoms in total. The van der Waals surface area contributed by atoms with Gasteiger partial charge in [0.1, 0.15) is 0 Å². The quantitative estimate of drug-likeness (QED) is 0.816. The van der Waals surface area contributed by atoms with Crippen molar-refractivity contribution in [3.63, 3.8) is 0 Å². The number of likely N-dealkylation sites (tertiary alicyclic amines) is 1. The first-order valence-corrected chi connectivity index (χ1v) is 8.96. The number of carbonyl (C=O) groups excluding carboxylic acids is 1. The van der Waals surface area contributed by atoms with Gasteiger partial charge in [-0.2, -0.15) is 0 Å². The van der Waals surface area contributed by atoms with Crippen molar-refractivity contribution in [2.45, 2.75) is 45.2 Å². The molecular formula is C20H27N3O. The summed E-state index contributed by atoms with van der Waals surface area (Å²) in [6, 6.07) is 12.7. The summed E-state index contributed by atoms with van der Waals surface area (Å²) in [5.41, 5.74) is 1.93. The number of fused-ring (bicyclic) bond motifs is 1. The normalized spacial score (nSPS) is 16.4. The summed E-state index contributed by atoms with van der Waals surface area (Å²) < 4.78 is 0. The number of carbonyl (C=O) groups is 1. The predicted octanol–water partition coefficient (Wildman–Crippen LogP) is 3.46. The van der Waals surface area contributed by atoms with Crippen LogP contribution in [0, 0.1) is 0 Å². The Hall–Kier alpha value is -1.94. The fourth-order valence-electron chi connectivity index (χ4n) is 3.42. The molecule has 1 atom stereocenters. The van der Waals surface area contributed by atoms with Crippen LogP contribution >= 0.6 is 0 Å². The molecule has 0 spiro atoms. The smallest absolute Gasteiger partial charge is 0.222 e. The average molecular weight is 325 g/mol. The third-order valence-corrected chi connectivity index (χ3v) is 5.02. The lowest BCUT2D eigenvalue weighted by molar-refractivity contribution is -0.130. The van der Waals surface area contributed by atoms with Crippen LogP contribution in [0.4, 0.5) is 0 Å². The van der Waals surface area contributed by atoms with Crippen LogP contribution in [0.15, 0.2) is 36.4 Å². The van der Waals surface area contributed by atoms with Crippen LogP contribution in [-0.4, -0.2) is 46.9 Å². The first-order valence-electron chi connectivity index (χ1n) is 8.96. The van der Waals surface area contributed by atoms with Crippen molar-refractivity contribution in [2.24, 2.45) is 0 Å². The first kappa shape index (κ1) is 16.9. The molecule has 1 aromatic carbocycles. The molecule has 0 radical (unpaired) electrons. The zero-order valence-corrected chi connectivity index (χ0v) is 14.7. The van der Waals surface area contributed by atoms with Crippen LogP contribution in [-0.2, 0) is 11.3 Å². The third kappa shape index (κ3) is 4.12. The van der Waals surface area contributed by atoms with E-state index in [4.69, 9.17) is 0 Å². The highest BCUT2D eigenvalue weighted by molar-refractivity contribution is 5.79. The second-order valence-corrected chi connectivity index (χ2v) is 6.88. The number of pyridine rings is 1. The van der Waals surface area contributed by atoms with Gasteiger partial charge in [-0.3, -0.25) is 9.78 Å². The minimum absolute atomic E-state index is 0.205. The Bertz CT molecular complexity index is 694. The van der Waals surface area contributed by atoms with Crippen LogP contribution in [0.25, 0.3) is 10.9 Å². The highest BCUT2D eigenvalue weighted by Gasteiger charge is 2.19.